The fourth-order valence-electron chi connectivity index (χ4n) is 2.86. The van der Waals surface area contributed by atoms with Crippen LogP contribution in [0.2, 0.25) is 0 Å². The van der Waals surface area contributed by atoms with Gasteiger partial charge in [0.15, 0.2) is 16.8 Å². The number of carboxylic acids is 1. The number of nitrogens with two attached hydrogens (primary N) is 1. The monoisotopic (exact) mass is 467 g/mol. The lowest BCUT2D eigenvalue weighted by atomic mass is 10.0. The molecule has 1 aromatic carbocycles. The Morgan fingerprint density at radius 1 is 1.21 bits per heavy atom. The minimum Gasteiger partial charge on any atom is -0.475 e. The number of carboxylic acid groups (broad SMARTS) is 1. The molecule has 11 heteroatoms. The van der Waals surface area contributed by atoms with Crippen LogP contribution in [0.5, 0.6) is 0 Å². The summed E-state index contributed by atoms with van der Waals surface area (Å²) in [7, 11) is 0. The van der Waals surface area contributed by atoms with Gasteiger partial charge >= 0.3 is 12.1 Å². The van der Waals surface area contributed by atoms with Crippen LogP contribution in [0.15, 0.2) is 39.5 Å². The molecule has 1 amide bonds. The first-order valence-corrected chi connectivity index (χ1v) is 10.2. The molecule has 1 aliphatic carbocycles. The third kappa shape index (κ3) is 7.28. The number of unbranched alkanes of at least 4 members (excludes halogenated alkanes) is 2. The average molecular weight is 467 g/mol. The van der Waals surface area contributed by atoms with E-state index in [1.165, 1.54) is 6.07 Å². The molecule has 0 bridgehead atoms. The van der Waals surface area contributed by atoms with Gasteiger partial charge in [0.2, 0.25) is 5.91 Å². The summed E-state index contributed by atoms with van der Waals surface area (Å²) in [4.78, 5) is 37.3. The molecule has 0 unspecified atom stereocenters. The first-order valence-electron chi connectivity index (χ1n) is 10.2. The molecule has 1 heterocycles. The predicted octanol–water partition coefficient (Wildman–Crippen LogP) is 3.94. The fourth-order valence-corrected chi connectivity index (χ4v) is 2.86. The zero-order valence-corrected chi connectivity index (χ0v) is 18.0. The molecular formula is C22H24F3N3O5. The topological polar surface area (TPSA) is 136 Å². The van der Waals surface area contributed by atoms with E-state index in [9.17, 15) is 22.8 Å². The number of aliphatic carboxylic acids is 1. The van der Waals surface area contributed by atoms with E-state index in [-0.39, 0.29) is 11.3 Å². The lowest BCUT2D eigenvalue weighted by Crippen LogP contribution is -2.32. The summed E-state index contributed by atoms with van der Waals surface area (Å²) in [6, 6.07) is 7.73. The highest BCUT2D eigenvalue weighted by atomic mass is 19.4. The van der Waals surface area contributed by atoms with Crippen molar-refractivity contribution in [2.24, 2.45) is 5.73 Å². The Hall–Kier alpha value is -3.47. The molecule has 0 aromatic heterocycles. The van der Waals surface area contributed by atoms with E-state index in [1.54, 1.807) is 31.2 Å². The van der Waals surface area contributed by atoms with Gasteiger partial charge in [0.05, 0.1) is 6.04 Å². The minimum atomic E-state index is -5.08. The van der Waals surface area contributed by atoms with Gasteiger partial charge < -0.3 is 20.6 Å². The highest BCUT2D eigenvalue weighted by Crippen LogP contribution is 2.29. The van der Waals surface area contributed by atoms with Gasteiger partial charge in [-0.2, -0.15) is 13.2 Å². The van der Waals surface area contributed by atoms with Crippen LogP contribution in [0.3, 0.4) is 0 Å². The van der Waals surface area contributed by atoms with Gasteiger partial charge in [-0.05, 0) is 43.5 Å². The normalized spacial score (nSPS) is 12.2. The van der Waals surface area contributed by atoms with Crippen LogP contribution >= 0.6 is 0 Å². The number of aromatic nitrogens is 1. The molecule has 4 N–H and O–H groups in total. The van der Waals surface area contributed by atoms with Crippen LogP contribution in [-0.4, -0.2) is 34.2 Å². The van der Waals surface area contributed by atoms with Crippen molar-refractivity contribution < 1.29 is 32.3 Å². The number of nitrogens with one attached hydrogen (secondary N) is 1. The number of amides is 1. The average Bonchev–Trinajstić information content (AvgIpc) is 2.72. The van der Waals surface area contributed by atoms with Crippen LogP contribution in [0.1, 0.15) is 38.7 Å². The number of anilines is 1. The van der Waals surface area contributed by atoms with Crippen molar-refractivity contribution in [3.63, 3.8) is 0 Å². The Morgan fingerprint density at radius 2 is 1.88 bits per heavy atom. The van der Waals surface area contributed by atoms with Crippen molar-refractivity contribution in [2.75, 3.05) is 5.32 Å². The van der Waals surface area contributed by atoms with Crippen LogP contribution in [-0.2, 0) is 16.0 Å². The number of rotatable bonds is 6. The molecule has 1 atom stereocenters. The third-order valence-electron chi connectivity index (χ3n) is 4.51. The number of nitrogens with zero attached hydrogens (tertiary/aromatic N) is 1. The second kappa shape index (κ2) is 10.9. The van der Waals surface area contributed by atoms with Crippen molar-refractivity contribution in [1.82, 2.24) is 4.98 Å². The quantitative estimate of drug-likeness (QED) is 0.369. The molecule has 3 rings (SSSR count). The van der Waals surface area contributed by atoms with Crippen LogP contribution in [0.4, 0.5) is 18.9 Å². The highest BCUT2D eigenvalue weighted by molar-refractivity contribution is 5.96. The fraction of sp³-hybridized carbons (Fsp3) is 0.364. The summed E-state index contributed by atoms with van der Waals surface area (Å²) in [6.45, 7) is 3.76. The molecule has 0 saturated heterocycles. The molecule has 178 valence electrons. The number of aryl methyl sites for hydroxylation is 1. The van der Waals surface area contributed by atoms with Gasteiger partial charge in [-0.25, -0.2) is 9.78 Å². The van der Waals surface area contributed by atoms with E-state index in [2.05, 4.69) is 17.2 Å². The first kappa shape index (κ1) is 25.8. The summed E-state index contributed by atoms with van der Waals surface area (Å²) >= 11 is 0. The summed E-state index contributed by atoms with van der Waals surface area (Å²) in [5, 5.41) is 9.85. The SMILES string of the molecule is CCCCCc1cc(=O)cc2oc3cc(NC(=O)[C@H](C)N)ccc3nc1-2.O=C(O)C(F)(F)F. The lowest BCUT2D eigenvalue weighted by molar-refractivity contribution is -0.192. The number of carbonyl (C=O) groups excluding carboxylic acids is 1. The van der Waals surface area contributed by atoms with E-state index in [4.69, 9.17) is 20.1 Å². The Bertz CT molecular complexity index is 1160. The number of alkyl halides is 3. The minimum absolute atomic E-state index is 0.0877. The molecule has 0 spiro atoms. The third-order valence-corrected chi connectivity index (χ3v) is 4.51. The number of hydrogen-bond donors (Lipinski definition) is 3. The zero-order chi connectivity index (χ0) is 24.8. The summed E-state index contributed by atoms with van der Waals surface area (Å²) in [5.41, 5.74) is 8.88. The molecule has 8 nitrogen and oxygen atoms in total. The zero-order valence-electron chi connectivity index (χ0n) is 18.0. The van der Waals surface area contributed by atoms with Gasteiger partial charge in [-0.1, -0.05) is 19.8 Å². The Balaban J connectivity index is 0.000000479. The van der Waals surface area contributed by atoms with Crippen molar-refractivity contribution in [3.8, 4) is 11.5 Å². The Morgan fingerprint density at radius 3 is 2.45 bits per heavy atom. The first-order chi connectivity index (χ1) is 15.4. The Labute approximate surface area is 186 Å². The lowest BCUT2D eigenvalue weighted by Gasteiger charge is -2.12. The predicted molar refractivity (Wildman–Crippen MR) is 116 cm³/mol. The van der Waals surface area contributed by atoms with Crippen LogP contribution in [0.25, 0.3) is 22.6 Å². The van der Waals surface area contributed by atoms with E-state index >= 15 is 0 Å². The Kier molecular flexibility index (Phi) is 8.52. The molecule has 0 saturated carbocycles. The van der Waals surface area contributed by atoms with Crippen molar-refractivity contribution >= 4 is 28.7 Å². The highest BCUT2D eigenvalue weighted by Gasteiger charge is 2.38. The smallest absolute Gasteiger partial charge is 0.475 e. The number of hydrogen-bond acceptors (Lipinski definition) is 6. The molecule has 0 radical (unpaired) electrons. The standard InChI is InChI=1S/C20H23N3O3.C2HF3O2/c1-3-4-5-6-13-9-15(24)11-18-19(13)23-16-8-7-14(10-17(16)26-18)22-20(25)12(2)21;3-2(4,5)1(6)7/h7-12H,3-6,21H2,1-2H3,(H,22,25);(H,6,7)/t12-;/m0./s1. The van der Waals surface area contributed by atoms with Gasteiger partial charge in [-0.15, -0.1) is 0 Å². The van der Waals surface area contributed by atoms with E-state index < -0.39 is 18.2 Å². The number of benzene rings is 2. The second-order valence-corrected chi connectivity index (χ2v) is 7.36. The van der Waals surface area contributed by atoms with Crippen LogP contribution < -0.4 is 16.5 Å². The van der Waals surface area contributed by atoms with Crippen LogP contribution in [0, 0.1) is 0 Å². The molecule has 0 fully saturated rings. The maximum atomic E-state index is 12.0. The van der Waals surface area contributed by atoms with Crippen molar-refractivity contribution in [1.29, 1.82) is 0 Å². The van der Waals surface area contributed by atoms with Gasteiger partial charge in [-0.3, -0.25) is 9.59 Å². The second-order valence-electron chi connectivity index (χ2n) is 7.36. The van der Waals surface area contributed by atoms with E-state index in [0.717, 1.165) is 36.9 Å². The van der Waals surface area contributed by atoms with Crippen molar-refractivity contribution in [2.45, 2.75) is 51.7 Å². The maximum absolute atomic E-state index is 12.0. The van der Waals surface area contributed by atoms with Gasteiger partial charge in [0, 0.05) is 17.8 Å². The molecule has 2 aliphatic rings. The van der Waals surface area contributed by atoms with E-state index in [0.29, 0.717) is 22.5 Å². The van der Waals surface area contributed by atoms with Gasteiger partial charge in [0.25, 0.3) is 0 Å². The van der Waals surface area contributed by atoms with Gasteiger partial charge in [0.1, 0.15) is 11.2 Å². The maximum Gasteiger partial charge on any atom is 0.490 e. The van der Waals surface area contributed by atoms with Crippen molar-refractivity contribution in [3.05, 3.63) is 46.1 Å². The number of halogens is 3. The molecular weight excluding hydrogens is 443 g/mol. The number of carbonyl (C=O) groups is 2. The molecule has 33 heavy (non-hydrogen) atoms. The number of fused-ring (bicyclic) bond motifs is 2. The summed E-state index contributed by atoms with van der Waals surface area (Å²) in [6.07, 6.45) is -1.04. The summed E-state index contributed by atoms with van der Waals surface area (Å²) < 4.78 is 37.6. The molecule has 1 aliphatic heterocycles. The van der Waals surface area contributed by atoms with E-state index in [1.807, 2.05) is 0 Å². The largest absolute Gasteiger partial charge is 0.490 e. The molecule has 1 aromatic rings. The summed E-state index contributed by atoms with van der Waals surface area (Å²) in [5.74, 6) is -2.57.